The second kappa shape index (κ2) is 6.89. The van der Waals surface area contributed by atoms with E-state index in [1.165, 1.54) is 0 Å². The van der Waals surface area contributed by atoms with E-state index in [1.54, 1.807) is 16.4 Å². The standard InChI is InChI=1S/C14H20ClNO3S/c1-12-4-2-3-5-14(12)20(17,18)16-9-6-13(7-10-16)19-11-8-15/h2-5,13H,6-11H2,1H3. The summed E-state index contributed by atoms with van der Waals surface area (Å²) in [5, 5.41) is 0. The molecule has 0 N–H and O–H groups in total. The molecule has 0 spiro atoms. The molecule has 0 bridgehead atoms. The molecule has 1 aromatic rings. The summed E-state index contributed by atoms with van der Waals surface area (Å²) in [7, 11) is -3.38. The van der Waals surface area contributed by atoms with Crippen LogP contribution in [0.4, 0.5) is 0 Å². The van der Waals surface area contributed by atoms with Gasteiger partial charge in [-0.3, -0.25) is 0 Å². The van der Waals surface area contributed by atoms with Gasteiger partial charge in [0.05, 0.1) is 17.6 Å². The number of halogens is 1. The minimum Gasteiger partial charge on any atom is -0.377 e. The van der Waals surface area contributed by atoms with Crippen molar-refractivity contribution in [2.45, 2.75) is 30.8 Å². The zero-order valence-electron chi connectivity index (χ0n) is 11.6. The molecule has 6 heteroatoms. The van der Waals surface area contributed by atoms with Crippen LogP contribution in [0.3, 0.4) is 0 Å². The molecule has 0 aliphatic carbocycles. The minimum absolute atomic E-state index is 0.122. The molecule has 1 aliphatic rings. The number of alkyl halides is 1. The van der Waals surface area contributed by atoms with Crippen LogP contribution in [0, 0.1) is 6.92 Å². The SMILES string of the molecule is Cc1ccccc1S(=O)(=O)N1CCC(OCCCl)CC1. The van der Waals surface area contributed by atoms with Gasteiger partial charge >= 0.3 is 0 Å². The number of hydrogen-bond donors (Lipinski definition) is 0. The molecule has 20 heavy (non-hydrogen) atoms. The van der Waals surface area contributed by atoms with Crippen molar-refractivity contribution in [1.82, 2.24) is 4.31 Å². The molecule has 1 aromatic carbocycles. The first-order chi connectivity index (χ1) is 9.55. The van der Waals surface area contributed by atoms with Gasteiger partial charge in [-0.2, -0.15) is 4.31 Å². The van der Waals surface area contributed by atoms with Crippen molar-refractivity contribution < 1.29 is 13.2 Å². The Labute approximate surface area is 125 Å². The third kappa shape index (κ3) is 3.52. The number of piperidine rings is 1. The Balaban J connectivity index is 2.04. The van der Waals surface area contributed by atoms with Gasteiger partial charge in [0.2, 0.25) is 10.0 Å². The fourth-order valence-corrected chi connectivity index (χ4v) is 4.22. The summed E-state index contributed by atoms with van der Waals surface area (Å²) in [5.74, 6) is 0.474. The van der Waals surface area contributed by atoms with Crippen LogP contribution in [-0.2, 0) is 14.8 Å². The van der Waals surface area contributed by atoms with Gasteiger partial charge in [-0.25, -0.2) is 8.42 Å². The normalized spacial score (nSPS) is 18.3. The van der Waals surface area contributed by atoms with Crippen molar-refractivity contribution in [3.05, 3.63) is 29.8 Å². The third-order valence-electron chi connectivity index (χ3n) is 3.54. The number of benzene rings is 1. The Morgan fingerprint density at radius 1 is 1.30 bits per heavy atom. The number of ether oxygens (including phenoxy) is 1. The second-order valence-corrected chi connectivity index (χ2v) is 7.21. The Kier molecular flexibility index (Phi) is 5.43. The van der Waals surface area contributed by atoms with Crippen LogP contribution in [-0.4, -0.2) is 44.4 Å². The maximum atomic E-state index is 12.6. The first-order valence-electron chi connectivity index (χ1n) is 6.79. The highest BCUT2D eigenvalue weighted by Crippen LogP contribution is 2.24. The second-order valence-electron chi connectivity index (χ2n) is 4.93. The summed E-state index contributed by atoms with van der Waals surface area (Å²) < 4.78 is 32.3. The lowest BCUT2D eigenvalue weighted by Gasteiger charge is -2.31. The van der Waals surface area contributed by atoms with Gasteiger partial charge in [0.25, 0.3) is 0 Å². The largest absolute Gasteiger partial charge is 0.377 e. The van der Waals surface area contributed by atoms with Crippen molar-refractivity contribution in [2.75, 3.05) is 25.6 Å². The van der Waals surface area contributed by atoms with Crippen molar-refractivity contribution in [1.29, 1.82) is 0 Å². The van der Waals surface area contributed by atoms with Gasteiger partial charge in [-0.1, -0.05) is 18.2 Å². The van der Waals surface area contributed by atoms with Crippen LogP contribution in [0.15, 0.2) is 29.2 Å². The molecule has 0 amide bonds. The predicted octanol–water partition coefficient (Wildman–Crippen LogP) is 2.40. The average Bonchev–Trinajstić information content (AvgIpc) is 2.46. The molecule has 1 saturated heterocycles. The van der Waals surface area contributed by atoms with Crippen LogP contribution >= 0.6 is 11.6 Å². The lowest BCUT2D eigenvalue weighted by atomic mass is 10.1. The first-order valence-corrected chi connectivity index (χ1v) is 8.76. The highest BCUT2D eigenvalue weighted by Gasteiger charge is 2.30. The van der Waals surface area contributed by atoms with Crippen LogP contribution in [0.1, 0.15) is 18.4 Å². The van der Waals surface area contributed by atoms with E-state index in [9.17, 15) is 8.42 Å². The molecule has 0 radical (unpaired) electrons. The van der Waals surface area contributed by atoms with E-state index < -0.39 is 10.0 Å². The molecule has 1 fully saturated rings. The molecule has 0 unspecified atom stereocenters. The molecule has 0 saturated carbocycles. The smallest absolute Gasteiger partial charge is 0.243 e. The highest BCUT2D eigenvalue weighted by molar-refractivity contribution is 7.89. The number of sulfonamides is 1. The molecule has 2 rings (SSSR count). The van der Waals surface area contributed by atoms with Crippen LogP contribution in [0.2, 0.25) is 0 Å². The summed E-state index contributed by atoms with van der Waals surface area (Å²) in [6, 6.07) is 7.10. The van der Waals surface area contributed by atoms with Gasteiger partial charge < -0.3 is 4.74 Å². The lowest BCUT2D eigenvalue weighted by molar-refractivity contribution is 0.0301. The quantitative estimate of drug-likeness (QED) is 0.783. The monoisotopic (exact) mass is 317 g/mol. The van der Waals surface area contributed by atoms with E-state index in [2.05, 4.69) is 0 Å². The van der Waals surface area contributed by atoms with Crippen molar-refractivity contribution in [2.24, 2.45) is 0 Å². The molecule has 1 heterocycles. The van der Waals surface area contributed by atoms with Crippen LogP contribution < -0.4 is 0 Å². The van der Waals surface area contributed by atoms with Crippen LogP contribution in [0.25, 0.3) is 0 Å². The van der Waals surface area contributed by atoms with Crippen molar-refractivity contribution in [3.8, 4) is 0 Å². The van der Waals surface area contributed by atoms with E-state index in [0.717, 1.165) is 18.4 Å². The van der Waals surface area contributed by atoms with Gasteiger partial charge in [0.1, 0.15) is 0 Å². The summed E-state index contributed by atoms with van der Waals surface area (Å²) in [5.41, 5.74) is 0.785. The molecular formula is C14H20ClNO3S. The Bertz CT molecular complexity index is 539. The Hall–Kier alpha value is -0.620. The van der Waals surface area contributed by atoms with Gasteiger partial charge in [0.15, 0.2) is 0 Å². The summed E-state index contributed by atoms with van der Waals surface area (Å²) in [4.78, 5) is 0.403. The number of rotatable bonds is 5. The average molecular weight is 318 g/mol. The van der Waals surface area contributed by atoms with E-state index in [-0.39, 0.29) is 6.10 Å². The van der Waals surface area contributed by atoms with Gasteiger partial charge in [-0.15, -0.1) is 11.6 Å². The Morgan fingerprint density at radius 3 is 2.55 bits per heavy atom. The van der Waals surface area contributed by atoms with E-state index in [0.29, 0.717) is 30.5 Å². The Morgan fingerprint density at radius 2 is 1.95 bits per heavy atom. The molecular weight excluding hydrogens is 298 g/mol. The fourth-order valence-electron chi connectivity index (χ4n) is 2.44. The number of hydrogen-bond acceptors (Lipinski definition) is 3. The molecule has 0 atom stereocenters. The third-order valence-corrected chi connectivity index (χ3v) is 5.76. The van der Waals surface area contributed by atoms with Crippen LogP contribution in [0.5, 0.6) is 0 Å². The molecule has 4 nitrogen and oxygen atoms in total. The van der Waals surface area contributed by atoms with Crippen molar-refractivity contribution in [3.63, 3.8) is 0 Å². The minimum atomic E-state index is -3.38. The number of nitrogens with zero attached hydrogens (tertiary/aromatic N) is 1. The van der Waals surface area contributed by atoms with E-state index in [4.69, 9.17) is 16.3 Å². The summed E-state index contributed by atoms with van der Waals surface area (Å²) in [6.07, 6.45) is 1.57. The molecule has 1 aliphatic heterocycles. The van der Waals surface area contributed by atoms with E-state index in [1.807, 2.05) is 19.1 Å². The van der Waals surface area contributed by atoms with Gasteiger partial charge in [-0.05, 0) is 31.4 Å². The maximum Gasteiger partial charge on any atom is 0.243 e. The molecule has 0 aromatic heterocycles. The fraction of sp³-hybridized carbons (Fsp3) is 0.571. The first kappa shape index (κ1) is 15.8. The summed E-state index contributed by atoms with van der Waals surface area (Å²) >= 11 is 5.59. The highest BCUT2D eigenvalue weighted by atomic mass is 35.5. The van der Waals surface area contributed by atoms with E-state index >= 15 is 0 Å². The summed E-state index contributed by atoms with van der Waals surface area (Å²) in [6.45, 7) is 3.35. The zero-order chi connectivity index (χ0) is 14.6. The van der Waals surface area contributed by atoms with Gasteiger partial charge in [0, 0.05) is 19.0 Å². The topological polar surface area (TPSA) is 46.6 Å². The lowest BCUT2D eigenvalue weighted by Crippen LogP contribution is -2.41. The molecule has 112 valence electrons. The predicted molar refractivity (Wildman–Crippen MR) is 79.6 cm³/mol. The van der Waals surface area contributed by atoms with Crippen molar-refractivity contribution >= 4 is 21.6 Å². The maximum absolute atomic E-state index is 12.6. The number of aryl methyl sites for hydroxylation is 1. The zero-order valence-corrected chi connectivity index (χ0v) is 13.2.